The number of rotatable bonds is 5. The van der Waals surface area contributed by atoms with Gasteiger partial charge in [0.2, 0.25) is 0 Å². The van der Waals surface area contributed by atoms with Crippen LogP contribution in [0.2, 0.25) is 5.02 Å². The van der Waals surface area contributed by atoms with E-state index in [0.717, 1.165) is 24.3 Å². The lowest BCUT2D eigenvalue weighted by Crippen LogP contribution is -2.28. The third-order valence-corrected chi connectivity index (χ3v) is 4.10. The maximum atomic E-state index is 12.0. The van der Waals surface area contributed by atoms with Crippen molar-refractivity contribution in [2.24, 2.45) is 0 Å². The number of hydrogen-bond donors (Lipinski definition) is 2. The number of halogens is 1. The molecule has 0 saturated heterocycles. The molecule has 3 rings (SSSR count). The number of urea groups is 1. The van der Waals surface area contributed by atoms with Gasteiger partial charge in [0, 0.05) is 30.3 Å². The van der Waals surface area contributed by atoms with Gasteiger partial charge in [0.1, 0.15) is 0 Å². The summed E-state index contributed by atoms with van der Waals surface area (Å²) in [6, 6.07) is 15.1. The summed E-state index contributed by atoms with van der Waals surface area (Å²) in [5.41, 5.74) is 2.97. The Bertz CT molecular complexity index is 767. The second-order valence-electron chi connectivity index (χ2n) is 5.83. The molecule has 0 atom stereocenters. The maximum Gasteiger partial charge on any atom is 0.319 e. The van der Waals surface area contributed by atoms with E-state index in [0.29, 0.717) is 11.6 Å². The predicted octanol–water partition coefficient (Wildman–Crippen LogP) is 4.55. The predicted molar refractivity (Wildman–Crippen MR) is 102 cm³/mol. The summed E-state index contributed by atoms with van der Waals surface area (Å²) in [6.45, 7) is 2.23. The van der Waals surface area contributed by atoms with E-state index < -0.39 is 0 Å². The van der Waals surface area contributed by atoms with Crippen molar-refractivity contribution in [2.45, 2.75) is 13.1 Å². The second-order valence-corrected chi connectivity index (χ2v) is 6.27. The summed E-state index contributed by atoms with van der Waals surface area (Å²) in [7, 11) is 0. The molecule has 2 amide bonds. The first-order valence-electron chi connectivity index (χ1n) is 8.15. The zero-order chi connectivity index (χ0) is 17.5. The topological polar surface area (TPSA) is 44.4 Å². The fourth-order valence-corrected chi connectivity index (χ4v) is 2.64. The molecule has 2 N–H and O–H groups in total. The zero-order valence-electron chi connectivity index (χ0n) is 13.8. The van der Waals surface area contributed by atoms with E-state index in [9.17, 15) is 4.79 Å². The highest BCUT2D eigenvalue weighted by Gasteiger charge is 2.04. The summed E-state index contributed by atoms with van der Waals surface area (Å²) >= 11 is 5.85. The second kappa shape index (κ2) is 8.40. The Balaban J connectivity index is 1.47. The average Bonchev–Trinajstić information content (AvgIpc) is 2.64. The van der Waals surface area contributed by atoms with Crippen molar-refractivity contribution in [3.63, 3.8) is 0 Å². The highest BCUT2D eigenvalue weighted by atomic mass is 35.5. The van der Waals surface area contributed by atoms with Gasteiger partial charge in [-0.15, -0.1) is 0 Å². The smallest absolute Gasteiger partial charge is 0.319 e. The van der Waals surface area contributed by atoms with Crippen LogP contribution in [0.25, 0.3) is 0 Å². The normalized spacial score (nSPS) is 12.9. The number of amides is 2. The van der Waals surface area contributed by atoms with Crippen molar-refractivity contribution >= 4 is 23.3 Å². The first-order valence-corrected chi connectivity index (χ1v) is 8.52. The van der Waals surface area contributed by atoms with Crippen LogP contribution in [-0.2, 0) is 13.1 Å². The Morgan fingerprint density at radius 1 is 1.00 bits per heavy atom. The van der Waals surface area contributed by atoms with Crippen LogP contribution < -0.4 is 10.6 Å². The molecule has 2 aromatic carbocycles. The zero-order valence-corrected chi connectivity index (χ0v) is 14.5. The minimum Gasteiger partial charge on any atom is -0.369 e. The van der Waals surface area contributed by atoms with Crippen LogP contribution in [0.4, 0.5) is 10.5 Å². The molecule has 0 unspecified atom stereocenters. The van der Waals surface area contributed by atoms with E-state index in [4.69, 9.17) is 11.6 Å². The third-order valence-electron chi connectivity index (χ3n) is 3.85. The number of allylic oxidation sites excluding steroid dienone is 2. The number of nitrogens with one attached hydrogen (secondary N) is 2. The molecule has 1 aliphatic heterocycles. The molecule has 0 radical (unpaired) electrons. The lowest BCUT2D eigenvalue weighted by molar-refractivity contribution is 0.251. The molecule has 1 heterocycles. The largest absolute Gasteiger partial charge is 0.369 e. The van der Waals surface area contributed by atoms with Crippen LogP contribution in [0.1, 0.15) is 11.1 Å². The highest BCUT2D eigenvalue weighted by molar-refractivity contribution is 6.30. The Hall–Kier alpha value is -2.72. The van der Waals surface area contributed by atoms with Gasteiger partial charge in [0.25, 0.3) is 0 Å². The summed E-state index contributed by atoms with van der Waals surface area (Å²) in [6.07, 6.45) is 8.29. The SMILES string of the molecule is O=C(NCc1ccc(Cl)cc1)Nc1ccc(CN2C=CC=CC2)cc1. The molecular weight excluding hydrogens is 334 g/mol. The molecule has 128 valence electrons. The number of nitrogens with zero attached hydrogens (tertiary/aromatic N) is 1. The van der Waals surface area contributed by atoms with E-state index in [1.807, 2.05) is 60.7 Å². The number of anilines is 1. The van der Waals surface area contributed by atoms with E-state index in [1.165, 1.54) is 5.56 Å². The van der Waals surface area contributed by atoms with Gasteiger partial charge < -0.3 is 15.5 Å². The van der Waals surface area contributed by atoms with E-state index in [-0.39, 0.29) is 6.03 Å². The molecule has 0 aromatic heterocycles. The number of hydrogen-bond acceptors (Lipinski definition) is 2. The minimum atomic E-state index is -0.230. The van der Waals surface area contributed by atoms with Crippen molar-refractivity contribution in [3.05, 3.63) is 89.1 Å². The van der Waals surface area contributed by atoms with Gasteiger partial charge in [0.15, 0.2) is 0 Å². The number of benzene rings is 2. The highest BCUT2D eigenvalue weighted by Crippen LogP contribution is 2.13. The molecule has 0 aliphatic carbocycles. The molecule has 5 heteroatoms. The Morgan fingerprint density at radius 3 is 2.40 bits per heavy atom. The van der Waals surface area contributed by atoms with Crippen LogP contribution in [0.15, 0.2) is 73.0 Å². The Kier molecular flexibility index (Phi) is 5.75. The average molecular weight is 354 g/mol. The molecule has 0 saturated carbocycles. The maximum absolute atomic E-state index is 12.0. The molecule has 2 aromatic rings. The van der Waals surface area contributed by atoms with Crippen LogP contribution in [0.3, 0.4) is 0 Å². The minimum absolute atomic E-state index is 0.230. The van der Waals surface area contributed by atoms with Gasteiger partial charge in [-0.3, -0.25) is 0 Å². The van der Waals surface area contributed by atoms with Gasteiger partial charge in [-0.1, -0.05) is 48.0 Å². The number of carbonyl (C=O) groups is 1. The molecule has 0 fully saturated rings. The van der Waals surface area contributed by atoms with Gasteiger partial charge in [-0.05, 0) is 47.7 Å². The third kappa shape index (κ3) is 5.40. The standard InChI is InChI=1S/C20H20ClN3O/c21-18-8-4-16(5-9-18)14-22-20(25)23-19-10-6-17(7-11-19)15-24-12-2-1-3-13-24/h1-12H,13-15H2,(H2,22,23,25). The van der Waals surface area contributed by atoms with E-state index in [1.54, 1.807) is 0 Å². The summed E-state index contributed by atoms with van der Waals surface area (Å²) in [4.78, 5) is 14.2. The lowest BCUT2D eigenvalue weighted by atomic mass is 10.2. The van der Waals surface area contributed by atoms with Crippen LogP contribution >= 0.6 is 11.6 Å². The van der Waals surface area contributed by atoms with Crippen molar-refractivity contribution in [3.8, 4) is 0 Å². The first-order chi connectivity index (χ1) is 12.2. The summed E-state index contributed by atoms with van der Waals surface area (Å²) in [5, 5.41) is 6.35. The first kappa shape index (κ1) is 17.1. The van der Waals surface area contributed by atoms with Crippen LogP contribution in [0.5, 0.6) is 0 Å². The van der Waals surface area contributed by atoms with Gasteiger partial charge in [0.05, 0.1) is 0 Å². The monoisotopic (exact) mass is 353 g/mol. The van der Waals surface area contributed by atoms with Crippen LogP contribution in [0, 0.1) is 0 Å². The van der Waals surface area contributed by atoms with Crippen molar-refractivity contribution in [1.29, 1.82) is 0 Å². The lowest BCUT2D eigenvalue weighted by Gasteiger charge is -2.20. The Labute approximate surface area is 152 Å². The van der Waals surface area contributed by atoms with Gasteiger partial charge >= 0.3 is 6.03 Å². The van der Waals surface area contributed by atoms with E-state index in [2.05, 4.69) is 27.8 Å². The summed E-state index contributed by atoms with van der Waals surface area (Å²) < 4.78 is 0. The van der Waals surface area contributed by atoms with Gasteiger partial charge in [-0.2, -0.15) is 0 Å². The Morgan fingerprint density at radius 2 is 1.72 bits per heavy atom. The van der Waals surface area contributed by atoms with Crippen LogP contribution in [-0.4, -0.2) is 17.5 Å². The fourth-order valence-electron chi connectivity index (χ4n) is 2.51. The van der Waals surface area contributed by atoms with Crippen molar-refractivity contribution in [2.75, 3.05) is 11.9 Å². The number of carbonyl (C=O) groups excluding carboxylic acids is 1. The van der Waals surface area contributed by atoms with Crippen molar-refractivity contribution in [1.82, 2.24) is 10.2 Å². The summed E-state index contributed by atoms with van der Waals surface area (Å²) in [5.74, 6) is 0. The fraction of sp³-hybridized carbons (Fsp3) is 0.150. The molecule has 1 aliphatic rings. The van der Waals surface area contributed by atoms with Gasteiger partial charge in [-0.25, -0.2) is 4.79 Å². The molecular formula is C20H20ClN3O. The molecule has 0 spiro atoms. The van der Waals surface area contributed by atoms with E-state index >= 15 is 0 Å². The van der Waals surface area contributed by atoms with Crippen molar-refractivity contribution < 1.29 is 4.79 Å². The molecule has 4 nitrogen and oxygen atoms in total. The quantitative estimate of drug-likeness (QED) is 0.828. The molecule has 0 bridgehead atoms. The molecule has 25 heavy (non-hydrogen) atoms.